The first-order valence-electron chi connectivity index (χ1n) is 13.2. The molecular formula is C33H27N3O2. The first-order chi connectivity index (χ1) is 18.7. The second-order valence-corrected chi connectivity index (χ2v) is 9.99. The van der Waals surface area contributed by atoms with E-state index in [2.05, 4.69) is 57.9 Å². The van der Waals surface area contributed by atoms with Crippen molar-refractivity contribution in [1.29, 1.82) is 0 Å². The van der Waals surface area contributed by atoms with Crippen LogP contribution in [0.1, 0.15) is 29.5 Å². The Morgan fingerprint density at radius 2 is 1.05 bits per heavy atom. The smallest absolute Gasteiger partial charge is 0.262 e. The molecular weight excluding hydrogens is 470 g/mol. The molecule has 5 heteroatoms. The van der Waals surface area contributed by atoms with Crippen molar-refractivity contribution in [2.24, 2.45) is 0 Å². The number of rotatable bonds is 2. The average Bonchev–Trinajstić information content (AvgIpc) is 3.57. The van der Waals surface area contributed by atoms with Crippen molar-refractivity contribution < 1.29 is 9.59 Å². The van der Waals surface area contributed by atoms with Crippen LogP contribution in [0.3, 0.4) is 0 Å². The zero-order valence-corrected chi connectivity index (χ0v) is 21.0. The van der Waals surface area contributed by atoms with Crippen LogP contribution in [0.5, 0.6) is 0 Å². The van der Waals surface area contributed by atoms with Crippen LogP contribution < -0.4 is 0 Å². The fourth-order valence-corrected chi connectivity index (χ4v) is 5.91. The molecule has 2 aliphatic rings. The molecule has 2 aliphatic heterocycles. The van der Waals surface area contributed by atoms with Crippen LogP contribution >= 0.6 is 0 Å². The summed E-state index contributed by atoms with van der Waals surface area (Å²) in [6.07, 6.45) is 10.4. The molecule has 5 aromatic rings. The molecule has 0 radical (unpaired) electrons. The minimum Gasteiger partial charge on any atom is -0.347 e. The summed E-state index contributed by atoms with van der Waals surface area (Å²) < 4.78 is 4.43. The van der Waals surface area contributed by atoms with Gasteiger partial charge in [-0.05, 0) is 30.5 Å². The molecule has 0 saturated carbocycles. The summed E-state index contributed by atoms with van der Waals surface area (Å²) in [7, 11) is 0. The van der Waals surface area contributed by atoms with E-state index in [4.69, 9.17) is 0 Å². The molecule has 5 nitrogen and oxygen atoms in total. The average molecular weight is 498 g/mol. The molecule has 2 amide bonds. The number of aromatic nitrogens is 2. The Kier molecular flexibility index (Phi) is 5.36. The molecule has 186 valence electrons. The summed E-state index contributed by atoms with van der Waals surface area (Å²) in [6.45, 7) is 1.86. The van der Waals surface area contributed by atoms with Gasteiger partial charge in [0.15, 0.2) is 0 Å². The molecule has 0 unspecified atom stereocenters. The van der Waals surface area contributed by atoms with E-state index >= 15 is 0 Å². The Balaban J connectivity index is 1.51. The van der Waals surface area contributed by atoms with Crippen LogP contribution in [-0.4, -0.2) is 25.8 Å². The molecule has 0 N–H and O–H groups in total. The second-order valence-electron chi connectivity index (χ2n) is 9.99. The minimum absolute atomic E-state index is 0.236. The SMILES string of the molecule is O=C1C2=C(C(=O)N1Cc1ccccc1)c1cn(c3ccccc13)CC/C=C\CCn1cc2c2ccccc21. The predicted octanol–water partition coefficient (Wildman–Crippen LogP) is 6.43. The fraction of sp³-hybridized carbons (Fsp3) is 0.152. The van der Waals surface area contributed by atoms with Crippen molar-refractivity contribution in [3.8, 4) is 0 Å². The molecule has 0 fully saturated rings. The van der Waals surface area contributed by atoms with E-state index in [1.807, 2.05) is 54.6 Å². The number of carbonyl (C=O) groups excluding carboxylic acids is 2. The number of allylic oxidation sites excluding steroid dienone is 2. The predicted molar refractivity (Wildman–Crippen MR) is 151 cm³/mol. The Morgan fingerprint density at radius 3 is 1.58 bits per heavy atom. The number of aryl methyl sites for hydroxylation is 2. The lowest BCUT2D eigenvalue weighted by atomic mass is 9.95. The molecule has 3 aromatic carbocycles. The van der Waals surface area contributed by atoms with Gasteiger partial charge in [0.1, 0.15) is 0 Å². The van der Waals surface area contributed by atoms with Crippen molar-refractivity contribution in [2.75, 3.05) is 0 Å². The number of imide groups is 1. The van der Waals surface area contributed by atoms with E-state index in [0.717, 1.165) is 64.4 Å². The van der Waals surface area contributed by atoms with Gasteiger partial charge in [-0.1, -0.05) is 78.9 Å². The zero-order chi connectivity index (χ0) is 25.6. The van der Waals surface area contributed by atoms with Crippen LogP contribution in [0.2, 0.25) is 0 Å². The highest BCUT2D eigenvalue weighted by molar-refractivity contribution is 6.50. The lowest BCUT2D eigenvalue weighted by Gasteiger charge is -2.15. The molecule has 7 rings (SSSR count). The minimum atomic E-state index is -0.236. The largest absolute Gasteiger partial charge is 0.347 e. The van der Waals surface area contributed by atoms with Gasteiger partial charge >= 0.3 is 0 Å². The number of benzene rings is 3. The highest BCUT2D eigenvalue weighted by Crippen LogP contribution is 2.42. The number of hydrogen-bond acceptors (Lipinski definition) is 2. The lowest BCUT2D eigenvalue weighted by molar-refractivity contribution is -0.136. The van der Waals surface area contributed by atoms with Gasteiger partial charge in [0.25, 0.3) is 11.8 Å². The van der Waals surface area contributed by atoms with Gasteiger partial charge in [-0.3, -0.25) is 14.5 Å². The van der Waals surface area contributed by atoms with E-state index in [-0.39, 0.29) is 18.4 Å². The molecule has 2 aromatic heterocycles. The molecule has 0 spiro atoms. The number of hydrogen-bond donors (Lipinski definition) is 0. The van der Waals surface area contributed by atoms with Gasteiger partial charge in [0.05, 0.1) is 17.7 Å². The first kappa shape index (κ1) is 22.5. The molecule has 0 atom stereocenters. The second kappa shape index (κ2) is 9.03. The van der Waals surface area contributed by atoms with E-state index < -0.39 is 0 Å². The van der Waals surface area contributed by atoms with E-state index in [1.165, 1.54) is 4.90 Å². The number of para-hydroxylation sites is 2. The van der Waals surface area contributed by atoms with Crippen LogP contribution in [0, 0.1) is 0 Å². The summed E-state index contributed by atoms with van der Waals surface area (Å²) in [5.41, 5.74) is 5.71. The maximum atomic E-state index is 14.2. The first-order valence-corrected chi connectivity index (χ1v) is 13.2. The van der Waals surface area contributed by atoms with Crippen LogP contribution in [0.4, 0.5) is 0 Å². The highest BCUT2D eigenvalue weighted by Gasteiger charge is 2.41. The van der Waals surface area contributed by atoms with E-state index in [0.29, 0.717) is 11.1 Å². The zero-order valence-electron chi connectivity index (χ0n) is 21.0. The van der Waals surface area contributed by atoms with Gasteiger partial charge < -0.3 is 9.13 Å². The Bertz CT molecular complexity index is 1680. The van der Waals surface area contributed by atoms with Crippen molar-refractivity contribution in [2.45, 2.75) is 32.5 Å². The number of nitrogens with zero attached hydrogens (tertiary/aromatic N) is 3. The van der Waals surface area contributed by atoms with Gasteiger partial charge in [-0.2, -0.15) is 0 Å². The van der Waals surface area contributed by atoms with Gasteiger partial charge in [0, 0.05) is 58.4 Å². The standard InChI is InChI=1S/C33H27N3O2/c37-32-30-26-21-34(28-16-8-6-14-24(26)28)18-10-1-2-11-19-35-22-27(25-15-7-9-17-29(25)35)31(30)33(38)36(32)20-23-12-4-3-5-13-23/h1-9,12-17,21-22H,10-11,18-20H2/b2-1-. The third kappa shape index (κ3) is 3.54. The lowest BCUT2D eigenvalue weighted by Crippen LogP contribution is -2.30. The molecule has 4 heterocycles. The van der Waals surface area contributed by atoms with Gasteiger partial charge in [0.2, 0.25) is 0 Å². The normalized spacial score (nSPS) is 16.8. The van der Waals surface area contributed by atoms with Crippen LogP contribution in [0.15, 0.2) is 103 Å². The quantitative estimate of drug-likeness (QED) is 0.209. The highest BCUT2D eigenvalue weighted by atomic mass is 16.2. The number of fused-ring (bicyclic) bond motifs is 12. The van der Waals surface area contributed by atoms with Crippen LogP contribution in [0.25, 0.3) is 33.0 Å². The van der Waals surface area contributed by atoms with E-state index in [1.54, 1.807) is 0 Å². The molecule has 38 heavy (non-hydrogen) atoms. The number of amides is 2. The van der Waals surface area contributed by atoms with Crippen molar-refractivity contribution in [1.82, 2.24) is 14.0 Å². The monoisotopic (exact) mass is 497 g/mol. The van der Waals surface area contributed by atoms with Gasteiger partial charge in [-0.25, -0.2) is 0 Å². The topological polar surface area (TPSA) is 47.2 Å². The van der Waals surface area contributed by atoms with Crippen molar-refractivity contribution in [3.05, 3.63) is 120 Å². The third-order valence-corrected chi connectivity index (χ3v) is 7.71. The summed E-state index contributed by atoms with van der Waals surface area (Å²) in [5, 5.41) is 1.98. The third-order valence-electron chi connectivity index (χ3n) is 7.71. The summed E-state index contributed by atoms with van der Waals surface area (Å²) >= 11 is 0. The fourth-order valence-electron chi connectivity index (χ4n) is 5.91. The Hall–Kier alpha value is -4.64. The summed E-state index contributed by atoms with van der Waals surface area (Å²) in [6, 6.07) is 26.1. The summed E-state index contributed by atoms with van der Waals surface area (Å²) in [4.78, 5) is 29.8. The van der Waals surface area contributed by atoms with Crippen LogP contribution in [-0.2, 0) is 29.2 Å². The molecule has 0 aliphatic carbocycles. The van der Waals surface area contributed by atoms with Crippen molar-refractivity contribution in [3.63, 3.8) is 0 Å². The molecule has 4 bridgehead atoms. The Morgan fingerprint density at radius 1 is 0.579 bits per heavy atom. The van der Waals surface area contributed by atoms with E-state index in [9.17, 15) is 9.59 Å². The summed E-state index contributed by atoms with van der Waals surface area (Å²) in [5.74, 6) is -0.471. The molecule has 0 saturated heterocycles. The maximum Gasteiger partial charge on any atom is 0.262 e. The Labute approximate surface area is 220 Å². The maximum absolute atomic E-state index is 14.2. The van der Waals surface area contributed by atoms with Crippen molar-refractivity contribution >= 4 is 44.8 Å². The number of carbonyl (C=O) groups is 2. The van der Waals surface area contributed by atoms with Gasteiger partial charge in [-0.15, -0.1) is 0 Å².